The first-order valence-corrected chi connectivity index (χ1v) is 16.1. The first-order chi connectivity index (χ1) is 24.3. The van der Waals surface area contributed by atoms with E-state index in [4.69, 9.17) is 24.4 Å². The second-order valence-corrected chi connectivity index (χ2v) is 11.7. The molecule has 0 amide bonds. The molecule has 0 saturated heterocycles. The summed E-state index contributed by atoms with van der Waals surface area (Å²) in [5, 5.41) is 0.948. The van der Waals surface area contributed by atoms with Crippen molar-refractivity contribution in [2.45, 2.75) is 0 Å². The van der Waals surface area contributed by atoms with Gasteiger partial charge >= 0.3 is 0 Å². The number of benzene rings is 6. The molecule has 0 unspecified atom stereocenters. The smallest absolute Gasteiger partial charge is 0.180 e. The SMILES string of the molecule is c1ccc(-c2ccc(-c3nc(-c4ccccc4)nc(-c4cccc(-c5ncnc6c5oc5c(-c7ccccc7)cccc56)c4)n3)cc2)cc1. The Hall–Kier alpha value is -6.79. The fraction of sp³-hybridized carbons (Fsp3) is 0. The molecule has 49 heavy (non-hydrogen) atoms. The van der Waals surface area contributed by atoms with Crippen molar-refractivity contribution in [1.82, 2.24) is 24.9 Å². The number of hydrogen-bond donors (Lipinski definition) is 0. The molecule has 0 aliphatic carbocycles. The summed E-state index contributed by atoms with van der Waals surface area (Å²) in [5.74, 6) is 1.77. The molecule has 6 nitrogen and oxygen atoms in total. The average molecular weight is 630 g/mol. The first-order valence-electron chi connectivity index (χ1n) is 16.1. The van der Waals surface area contributed by atoms with Crippen LogP contribution in [0.5, 0.6) is 0 Å². The van der Waals surface area contributed by atoms with Gasteiger partial charge in [-0.3, -0.25) is 0 Å². The van der Waals surface area contributed by atoms with E-state index < -0.39 is 0 Å². The van der Waals surface area contributed by atoms with Gasteiger partial charge in [-0.25, -0.2) is 24.9 Å². The molecule has 0 saturated carbocycles. The highest BCUT2D eigenvalue weighted by atomic mass is 16.3. The Bertz CT molecular complexity index is 2580. The maximum atomic E-state index is 6.60. The molecule has 230 valence electrons. The second kappa shape index (κ2) is 12.1. The molecule has 6 heteroatoms. The number of rotatable bonds is 6. The number of furan rings is 1. The lowest BCUT2D eigenvalue weighted by Gasteiger charge is -2.10. The average Bonchev–Trinajstić information content (AvgIpc) is 3.58. The van der Waals surface area contributed by atoms with Crippen LogP contribution in [0.25, 0.3) is 89.7 Å². The van der Waals surface area contributed by atoms with Crippen LogP contribution in [0.3, 0.4) is 0 Å². The first kappa shape index (κ1) is 28.4. The molecule has 0 aliphatic heterocycles. The van der Waals surface area contributed by atoms with E-state index in [-0.39, 0.29) is 0 Å². The molecule has 6 aromatic carbocycles. The standard InChI is InChI=1S/C43H27N5O/c1-4-12-28(13-5-1)29-22-24-32(25-23-29)42-46-41(31-16-8-3-9-17-31)47-43(48-42)34-19-10-18-33(26-34)37-40-38(45-27-44-37)36-21-11-20-35(39(36)49-40)30-14-6-2-7-15-30/h1-27H. The summed E-state index contributed by atoms with van der Waals surface area (Å²) in [6.07, 6.45) is 1.60. The van der Waals surface area contributed by atoms with Gasteiger partial charge in [0.2, 0.25) is 0 Å². The zero-order valence-electron chi connectivity index (χ0n) is 26.2. The molecule has 9 rings (SSSR count). The number of aromatic nitrogens is 5. The minimum atomic E-state index is 0.569. The van der Waals surface area contributed by atoms with E-state index >= 15 is 0 Å². The van der Waals surface area contributed by atoms with E-state index in [1.54, 1.807) is 6.33 Å². The summed E-state index contributed by atoms with van der Waals surface area (Å²) >= 11 is 0. The molecule has 3 aromatic heterocycles. The van der Waals surface area contributed by atoms with Gasteiger partial charge in [0.1, 0.15) is 23.1 Å². The third-order valence-corrected chi connectivity index (χ3v) is 8.67. The van der Waals surface area contributed by atoms with Gasteiger partial charge in [0.05, 0.1) is 0 Å². The number of fused-ring (bicyclic) bond motifs is 3. The Balaban J connectivity index is 1.16. The lowest BCUT2D eigenvalue weighted by molar-refractivity contribution is 0.668. The number of nitrogens with zero attached hydrogens (tertiary/aromatic N) is 5. The van der Waals surface area contributed by atoms with E-state index in [9.17, 15) is 0 Å². The minimum Gasteiger partial charge on any atom is -0.451 e. The third kappa shape index (κ3) is 5.31. The molecule has 0 aliphatic rings. The fourth-order valence-electron chi connectivity index (χ4n) is 6.25. The summed E-state index contributed by atoms with van der Waals surface area (Å²) < 4.78 is 6.60. The van der Waals surface area contributed by atoms with Gasteiger partial charge in [0, 0.05) is 33.2 Å². The Kier molecular flexibility index (Phi) is 7.02. The summed E-state index contributed by atoms with van der Waals surface area (Å²) in [6.45, 7) is 0. The monoisotopic (exact) mass is 629 g/mol. The highest BCUT2D eigenvalue weighted by Gasteiger charge is 2.19. The van der Waals surface area contributed by atoms with E-state index in [0.29, 0.717) is 28.8 Å². The molecule has 0 fully saturated rings. The van der Waals surface area contributed by atoms with Crippen LogP contribution in [0, 0.1) is 0 Å². The molecule has 0 spiro atoms. The van der Waals surface area contributed by atoms with Crippen LogP contribution in [-0.2, 0) is 0 Å². The van der Waals surface area contributed by atoms with Gasteiger partial charge in [0.15, 0.2) is 23.1 Å². The highest BCUT2D eigenvalue weighted by Crippen LogP contribution is 2.38. The molecule has 0 N–H and O–H groups in total. The molecule has 9 aromatic rings. The quantitative estimate of drug-likeness (QED) is 0.182. The van der Waals surface area contributed by atoms with Crippen LogP contribution in [-0.4, -0.2) is 24.9 Å². The molecule has 3 heterocycles. The van der Waals surface area contributed by atoms with Crippen molar-refractivity contribution in [1.29, 1.82) is 0 Å². The lowest BCUT2D eigenvalue weighted by atomic mass is 10.0. The van der Waals surface area contributed by atoms with Crippen LogP contribution in [0.15, 0.2) is 168 Å². The predicted octanol–water partition coefficient (Wildman–Crippen LogP) is 10.6. The summed E-state index contributed by atoms with van der Waals surface area (Å²) in [5.41, 5.74) is 10.8. The van der Waals surface area contributed by atoms with Crippen LogP contribution in [0.4, 0.5) is 0 Å². The minimum absolute atomic E-state index is 0.569. The van der Waals surface area contributed by atoms with E-state index in [0.717, 1.165) is 61.0 Å². The van der Waals surface area contributed by atoms with Crippen molar-refractivity contribution in [2.24, 2.45) is 0 Å². The van der Waals surface area contributed by atoms with Crippen LogP contribution < -0.4 is 0 Å². The summed E-state index contributed by atoms with van der Waals surface area (Å²) in [6, 6.07) is 53.2. The number of hydrogen-bond acceptors (Lipinski definition) is 6. The largest absolute Gasteiger partial charge is 0.451 e. The van der Waals surface area contributed by atoms with Crippen molar-refractivity contribution >= 4 is 22.1 Å². The van der Waals surface area contributed by atoms with Crippen LogP contribution in [0.2, 0.25) is 0 Å². The van der Waals surface area contributed by atoms with Crippen molar-refractivity contribution in [3.63, 3.8) is 0 Å². The topological polar surface area (TPSA) is 77.6 Å². The molecule has 0 bridgehead atoms. The van der Waals surface area contributed by atoms with Gasteiger partial charge < -0.3 is 4.42 Å². The van der Waals surface area contributed by atoms with Gasteiger partial charge in [-0.05, 0) is 28.8 Å². The molecule has 0 radical (unpaired) electrons. The Morgan fingerprint density at radius 1 is 0.367 bits per heavy atom. The van der Waals surface area contributed by atoms with Crippen molar-refractivity contribution in [3.05, 3.63) is 164 Å². The zero-order valence-corrected chi connectivity index (χ0v) is 26.2. The Morgan fingerprint density at radius 2 is 0.878 bits per heavy atom. The second-order valence-electron chi connectivity index (χ2n) is 11.7. The molecular weight excluding hydrogens is 603 g/mol. The molecule has 0 atom stereocenters. The normalized spacial score (nSPS) is 11.3. The fourth-order valence-corrected chi connectivity index (χ4v) is 6.25. The van der Waals surface area contributed by atoms with Gasteiger partial charge in [-0.1, -0.05) is 146 Å². The van der Waals surface area contributed by atoms with Gasteiger partial charge in [-0.15, -0.1) is 0 Å². The highest BCUT2D eigenvalue weighted by molar-refractivity contribution is 6.10. The zero-order chi connectivity index (χ0) is 32.6. The predicted molar refractivity (Wildman–Crippen MR) is 195 cm³/mol. The maximum Gasteiger partial charge on any atom is 0.180 e. The Labute approximate surface area is 282 Å². The van der Waals surface area contributed by atoms with E-state index in [1.807, 2.05) is 97.1 Å². The third-order valence-electron chi connectivity index (χ3n) is 8.67. The van der Waals surface area contributed by atoms with Gasteiger partial charge in [-0.2, -0.15) is 0 Å². The van der Waals surface area contributed by atoms with Crippen molar-refractivity contribution in [3.8, 4) is 67.7 Å². The maximum absolute atomic E-state index is 6.60. The van der Waals surface area contributed by atoms with Crippen molar-refractivity contribution < 1.29 is 4.42 Å². The molecular formula is C43H27N5O. The Morgan fingerprint density at radius 3 is 1.57 bits per heavy atom. The summed E-state index contributed by atoms with van der Waals surface area (Å²) in [4.78, 5) is 24.3. The van der Waals surface area contributed by atoms with Crippen LogP contribution >= 0.6 is 0 Å². The number of para-hydroxylation sites is 1. The van der Waals surface area contributed by atoms with Gasteiger partial charge in [0.25, 0.3) is 0 Å². The van der Waals surface area contributed by atoms with E-state index in [1.165, 1.54) is 0 Å². The van der Waals surface area contributed by atoms with Crippen molar-refractivity contribution in [2.75, 3.05) is 0 Å². The lowest BCUT2D eigenvalue weighted by Crippen LogP contribution is -2.00. The van der Waals surface area contributed by atoms with E-state index in [2.05, 4.69) is 65.6 Å². The van der Waals surface area contributed by atoms with Crippen LogP contribution in [0.1, 0.15) is 0 Å². The summed E-state index contributed by atoms with van der Waals surface area (Å²) in [7, 11) is 0.